The molecule has 1 aliphatic heterocycles. The van der Waals surface area contributed by atoms with Crippen molar-refractivity contribution in [1.29, 1.82) is 0 Å². The van der Waals surface area contributed by atoms with Crippen LogP contribution in [0.4, 0.5) is 5.69 Å². The third kappa shape index (κ3) is 3.27. The number of nitrogens with zero attached hydrogens (tertiary/aromatic N) is 2. The van der Waals surface area contributed by atoms with Gasteiger partial charge in [0.1, 0.15) is 5.75 Å². The van der Waals surface area contributed by atoms with Crippen LogP contribution < -0.4 is 10.1 Å². The standard InChI is InChI=1S/C14H19N3O3/c1-16-7-9-17(10-8-16)14(19)13(18)15-11-5-3-4-6-12(11)20-2/h3-6H,7-10H2,1-2H3,(H,15,18). The molecule has 0 aliphatic carbocycles. The number of nitrogens with one attached hydrogen (secondary N) is 1. The summed E-state index contributed by atoms with van der Waals surface area (Å²) in [5.41, 5.74) is 0.502. The molecule has 1 aromatic rings. The topological polar surface area (TPSA) is 61.9 Å². The molecule has 20 heavy (non-hydrogen) atoms. The van der Waals surface area contributed by atoms with Crippen LogP contribution in [0, 0.1) is 0 Å². The molecule has 6 heteroatoms. The number of ether oxygens (including phenoxy) is 1. The molecule has 0 aromatic heterocycles. The number of piperazine rings is 1. The minimum atomic E-state index is -0.626. The normalized spacial score (nSPS) is 15.8. The Hall–Kier alpha value is -2.08. The molecule has 1 aliphatic rings. The number of carbonyl (C=O) groups excluding carboxylic acids is 2. The lowest BCUT2D eigenvalue weighted by molar-refractivity contribution is -0.144. The number of hydrogen-bond donors (Lipinski definition) is 1. The zero-order valence-corrected chi connectivity index (χ0v) is 11.8. The summed E-state index contributed by atoms with van der Waals surface area (Å²) in [5.74, 6) is -0.588. The number of anilines is 1. The number of hydrogen-bond acceptors (Lipinski definition) is 4. The number of para-hydroxylation sites is 2. The maximum Gasteiger partial charge on any atom is 0.314 e. The quantitative estimate of drug-likeness (QED) is 0.795. The molecule has 2 amide bonds. The predicted molar refractivity (Wildman–Crippen MR) is 75.7 cm³/mol. The Labute approximate surface area is 118 Å². The third-order valence-electron chi connectivity index (χ3n) is 3.34. The van der Waals surface area contributed by atoms with E-state index in [-0.39, 0.29) is 0 Å². The largest absolute Gasteiger partial charge is 0.495 e. The number of methoxy groups -OCH3 is 1. The van der Waals surface area contributed by atoms with Gasteiger partial charge in [-0.2, -0.15) is 0 Å². The molecule has 1 N–H and O–H groups in total. The van der Waals surface area contributed by atoms with Crippen molar-refractivity contribution >= 4 is 17.5 Å². The Balaban J connectivity index is 1.99. The highest BCUT2D eigenvalue weighted by Gasteiger charge is 2.25. The summed E-state index contributed by atoms with van der Waals surface area (Å²) >= 11 is 0. The number of rotatable bonds is 2. The van der Waals surface area contributed by atoms with Crippen LogP contribution in [0.3, 0.4) is 0 Å². The molecule has 0 unspecified atom stereocenters. The predicted octanol–water partition coefficient (Wildman–Crippen LogP) is 0.408. The maximum atomic E-state index is 12.1. The van der Waals surface area contributed by atoms with Crippen molar-refractivity contribution in [3.05, 3.63) is 24.3 Å². The van der Waals surface area contributed by atoms with Crippen LogP contribution in [0.2, 0.25) is 0 Å². The van der Waals surface area contributed by atoms with Crippen LogP contribution >= 0.6 is 0 Å². The maximum absolute atomic E-state index is 12.1. The second-order valence-electron chi connectivity index (χ2n) is 4.75. The third-order valence-corrected chi connectivity index (χ3v) is 3.34. The van der Waals surface area contributed by atoms with Gasteiger partial charge in [-0.05, 0) is 19.2 Å². The number of amides is 2. The van der Waals surface area contributed by atoms with Crippen molar-refractivity contribution in [3.63, 3.8) is 0 Å². The molecule has 0 bridgehead atoms. The highest BCUT2D eigenvalue weighted by Crippen LogP contribution is 2.22. The monoisotopic (exact) mass is 277 g/mol. The van der Waals surface area contributed by atoms with E-state index in [1.54, 1.807) is 29.2 Å². The van der Waals surface area contributed by atoms with Crippen molar-refractivity contribution in [2.24, 2.45) is 0 Å². The molecular weight excluding hydrogens is 258 g/mol. The smallest absolute Gasteiger partial charge is 0.314 e. The summed E-state index contributed by atoms with van der Waals surface area (Å²) < 4.78 is 5.14. The van der Waals surface area contributed by atoms with E-state index in [4.69, 9.17) is 4.74 Å². The van der Waals surface area contributed by atoms with E-state index < -0.39 is 11.8 Å². The molecule has 108 valence electrons. The first-order valence-corrected chi connectivity index (χ1v) is 6.53. The lowest BCUT2D eigenvalue weighted by Crippen LogP contribution is -2.50. The van der Waals surface area contributed by atoms with Gasteiger partial charge in [-0.1, -0.05) is 12.1 Å². The van der Waals surface area contributed by atoms with E-state index in [9.17, 15) is 9.59 Å². The van der Waals surface area contributed by atoms with E-state index in [1.807, 2.05) is 7.05 Å². The number of benzene rings is 1. The fraction of sp³-hybridized carbons (Fsp3) is 0.429. The molecule has 0 atom stereocenters. The molecular formula is C14H19N3O3. The van der Waals surface area contributed by atoms with Crippen molar-refractivity contribution in [3.8, 4) is 5.75 Å². The molecule has 1 aromatic carbocycles. The summed E-state index contributed by atoms with van der Waals surface area (Å²) in [7, 11) is 3.52. The second-order valence-corrected chi connectivity index (χ2v) is 4.75. The van der Waals surface area contributed by atoms with Gasteiger partial charge in [0.05, 0.1) is 12.8 Å². The van der Waals surface area contributed by atoms with Gasteiger partial charge in [0.2, 0.25) is 0 Å². The van der Waals surface area contributed by atoms with Crippen molar-refractivity contribution in [2.75, 3.05) is 45.7 Å². The van der Waals surface area contributed by atoms with Gasteiger partial charge in [-0.3, -0.25) is 9.59 Å². The molecule has 0 saturated carbocycles. The fourth-order valence-corrected chi connectivity index (χ4v) is 2.08. The summed E-state index contributed by atoms with van der Waals surface area (Å²) in [5, 5.41) is 2.60. The Kier molecular flexibility index (Phi) is 4.57. The van der Waals surface area contributed by atoms with Gasteiger partial charge in [-0.15, -0.1) is 0 Å². The Morgan fingerprint density at radius 1 is 1.15 bits per heavy atom. The van der Waals surface area contributed by atoms with E-state index in [1.165, 1.54) is 7.11 Å². The number of likely N-dealkylation sites (N-methyl/N-ethyl adjacent to an activating group) is 1. The lowest BCUT2D eigenvalue weighted by Gasteiger charge is -2.31. The highest BCUT2D eigenvalue weighted by atomic mass is 16.5. The molecule has 6 nitrogen and oxygen atoms in total. The van der Waals surface area contributed by atoms with Gasteiger partial charge < -0.3 is 19.9 Å². The van der Waals surface area contributed by atoms with Crippen molar-refractivity contribution < 1.29 is 14.3 Å². The van der Waals surface area contributed by atoms with Crippen LogP contribution in [0.1, 0.15) is 0 Å². The number of carbonyl (C=O) groups is 2. The van der Waals surface area contributed by atoms with Crippen molar-refractivity contribution in [2.45, 2.75) is 0 Å². The molecule has 1 saturated heterocycles. The lowest BCUT2D eigenvalue weighted by atomic mass is 10.2. The van der Waals surface area contributed by atoms with E-state index in [0.717, 1.165) is 13.1 Å². The molecule has 1 fully saturated rings. The van der Waals surface area contributed by atoms with Crippen LogP contribution in [0.15, 0.2) is 24.3 Å². The molecule has 1 heterocycles. The Morgan fingerprint density at radius 2 is 1.80 bits per heavy atom. The highest BCUT2D eigenvalue weighted by molar-refractivity contribution is 6.39. The van der Waals surface area contributed by atoms with Gasteiger partial charge in [0, 0.05) is 26.2 Å². The Morgan fingerprint density at radius 3 is 2.45 bits per heavy atom. The summed E-state index contributed by atoms with van der Waals surface area (Å²) in [6, 6.07) is 7.01. The zero-order chi connectivity index (χ0) is 14.5. The van der Waals surface area contributed by atoms with E-state index in [2.05, 4.69) is 10.2 Å². The first-order valence-electron chi connectivity index (χ1n) is 6.53. The van der Waals surface area contributed by atoms with Crippen LogP contribution in [-0.4, -0.2) is 62.0 Å². The average Bonchev–Trinajstić information content (AvgIpc) is 2.48. The van der Waals surface area contributed by atoms with Gasteiger partial charge in [0.25, 0.3) is 0 Å². The summed E-state index contributed by atoms with van der Waals surface area (Å²) in [6.07, 6.45) is 0. The van der Waals surface area contributed by atoms with Gasteiger partial charge >= 0.3 is 11.8 Å². The van der Waals surface area contributed by atoms with Crippen LogP contribution in [-0.2, 0) is 9.59 Å². The molecule has 0 radical (unpaired) electrons. The minimum Gasteiger partial charge on any atom is -0.495 e. The Bertz CT molecular complexity index is 496. The first-order chi connectivity index (χ1) is 9.61. The molecule has 0 spiro atoms. The van der Waals surface area contributed by atoms with Gasteiger partial charge in [-0.25, -0.2) is 0 Å². The van der Waals surface area contributed by atoms with Crippen LogP contribution in [0.25, 0.3) is 0 Å². The molecule has 2 rings (SSSR count). The summed E-state index contributed by atoms with van der Waals surface area (Å²) in [6.45, 7) is 2.73. The van der Waals surface area contributed by atoms with Crippen LogP contribution in [0.5, 0.6) is 5.75 Å². The second kappa shape index (κ2) is 6.38. The zero-order valence-electron chi connectivity index (χ0n) is 11.8. The summed E-state index contributed by atoms with van der Waals surface area (Å²) in [4.78, 5) is 27.8. The average molecular weight is 277 g/mol. The van der Waals surface area contributed by atoms with E-state index in [0.29, 0.717) is 24.5 Å². The fourth-order valence-electron chi connectivity index (χ4n) is 2.08. The SMILES string of the molecule is COc1ccccc1NC(=O)C(=O)N1CCN(C)CC1. The van der Waals surface area contributed by atoms with Crippen molar-refractivity contribution in [1.82, 2.24) is 9.80 Å². The van der Waals surface area contributed by atoms with E-state index >= 15 is 0 Å². The van der Waals surface area contributed by atoms with Gasteiger partial charge in [0.15, 0.2) is 0 Å². The minimum absolute atomic E-state index is 0.496. The first kappa shape index (κ1) is 14.3.